The number of morpholine rings is 1. The first-order valence-electron chi connectivity index (χ1n) is 5.72. The van der Waals surface area contributed by atoms with E-state index < -0.39 is 16.1 Å². The highest BCUT2D eigenvalue weighted by Gasteiger charge is 2.34. The van der Waals surface area contributed by atoms with E-state index in [0.29, 0.717) is 6.61 Å². The van der Waals surface area contributed by atoms with Crippen LogP contribution in [0.3, 0.4) is 0 Å². The van der Waals surface area contributed by atoms with E-state index in [4.69, 9.17) is 10.00 Å². The Morgan fingerprint density at radius 3 is 2.89 bits per heavy atom. The lowest BCUT2D eigenvalue weighted by Gasteiger charge is -2.30. The van der Waals surface area contributed by atoms with Crippen LogP contribution in [-0.2, 0) is 14.8 Å². The second kappa shape index (κ2) is 5.59. The Bertz CT molecular complexity index is 624. The number of hydrogen-bond acceptors (Lipinski definition) is 4. The Morgan fingerprint density at radius 2 is 2.26 bits per heavy atom. The van der Waals surface area contributed by atoms with Crippen molar-refractivity contribution in [3.63, 3.8) is 0 Å². The molecule has 1 saturated heterocycles. The van der Waals surface area contributed by atoms with Gasteiger partial charge in [0, 0.05) is 11.0 Å². The van der Waals surface area contributed by atoms with E-state index in [-0.39, 0.29) is 18.0 Å². The molecule has 0 amide bonds. The summed E-state index contributed by atoms with van der Waals surface area (Å²) in [5, 5.41) is 9.03. The van der Waals surface area contributed by atoms with Gasteiger partial charge >= 0.3 is 0 Å². The summed E-state index contributed by atoms with van der Waals surface area (Å²) in [4.78, 5) is 0.187. The molecule has 7 heteroatoms. The summed E-state index contributed by atoms with van der Waals surface area (Å²) in [6.07, 6.45) is 0. The molecule has 19 heavy (non-hydrogen) atoms. The van der Waals surface area contributed by atoms with Gasteiger partial charge in [0.05, 0.1) is 24.2 Å². The number of ether oxygens (including phenoxy) is 1. The van der Waals surface area contributed by atoms with Crippen LogP contribution in [0, 0.1) is 18.3 Å². The van der Waals surface area contributed by atoms with Gasteiger partial charge in [0.15, 0.2) is 0 Å². The third-order valence-corrected chi connectivity index (χ3v) is 5.74. The fourth-order valence-electron chi connectivity index (χ4n) is 1.85. The Labute approximate surface area is 121 Å². The molecule has 1 aliphatic rings. The number of nitrogens with zero attached hydrogens (tertiary/aromatic N) is 2. The molecule has 1 atom stereocenters. The normalized spacial score (nSPS) is 21.0. The first kappa shape index (κ1) is 14.5. The molecule has 0 N–H and O–H groups in total. The molecule has 1 fully saturated rings. The SMILES string of the molecule is Cc1ccc(S(=O)(=O)N2CCOC[C@@H]2C#N)cc1Br. The number of aryl methyl sites for hydroxylation is 1. The van der Waals surface area contributed by atoms with Crippen LogP contribution >= 0.6 is 15.9 Å². The minimum Gasteiger partial charge on any atom is -0.377 e. The minimum absolute atomic E-state index is 0.114. The van der Waals surface area contributed by atoms with E-state index in [0.717, 1.165) is 10.0 Å². The number of nitriles is 1. The number of sulfonamides is 1. The van der Waals surface area contributed by atoms with Crippen molar-refractivity contribution in [2.24, 2.45) is 0 Å². The van der Waals surface area contributed by atoms with Crippen molar-refractivity contribution < 1.29 is 13.2 Å². The monoisotopic (exact) mass is 344 g/mol. The summed E-state index contributed by atoms with van der Waals surface area (Å²) < 4.78 is 32.1. The van der Waals surface area contributed by atoms with E-state index in [9.17, 15) is 8.42 Å². The van der Waals surface area contributed by atoms with Crippen LogP contribution in [0.4, 0.5) is 0 Å². The second-order valence-corrected chi connectivity index (χ2v) is 6.99. The van der Waals surface area contributed by atoms with Crippen molar-refractivity contribution in [3.05, 3.63) is 28.2 Å². The third-order valence-electron chi connectivity index (χ3n) is 2.98. The van der Waals surface area contributed by atoms with Crippen LogP contribution in [0.25, 0.3) is 0 Å². The van der Waals surface area contributed by atoms with Gasteiger partial charge in [-0.2, -0.15) is 9.57 Å². The molecule has 1 aliphatic heterocycles. The van der Waals surface area contributed by atoms with E-state index >= 15 is 0 Å². The zero-order chi connectivity index (χ0) is 14.0. The molecule has 2 rings (SSSR count). The Hall–Kier alpha value is -0.940. The summed E-state index contributed by atoms with van der Waals surface area (Å²) in [6.45, 7) is 2.51. The minimum atomic E-state index is -3.66. The van der Waals surface area contributed by atoms with Gasteiger partial charge < -0.3 is 4.74 Å². The van der Waals surface area contributed by atoms with Crippen LogP contribution in [0.1, 0.15) is 5.56 Å². The number of benzene rings is 1. The highest BCUT2D eigenvalue weighted by molar-refractivity contribution is 9.10. The van der Waals surface area contributed by atoms with Gasteiger partial charge in [0.2, 0.25) is 10.0 Å². The van der Waals surface area contributed by atoms with Gasteiger partial charge in [-0.25, -0.2) is 8.42 Å². The standard InChI is InChI=1S/C12H13BrN2O3S/c1-9-2-3-11(6-12(9)13)19(16,17)15-4-5-18-8-10(15)7-14/h2-3,6,10H,4-5,8H2,1H3/t10-/m0/s1. The lowest BCUT2D eigenvalue weighted by molar-refractivity contribution is 0.0511. The molecule has 102 valence electrons. The lowest BCUT2D eigenvalue weighted by atomic mass is 10.2. The third kappa shape index (κ3) is 2.82. The first-order chi connectivity index (χ1) is 8.96. The van der Waals surface area contributed by atoms with Crippen LogP contribution < -0.4 is 0 Å². The molecule has 1 heterocycles. The predicted octanol–water partition coefficient (Wildman–Crippen LogP) is 1.67. The van der Waals surface area contributed by atoms with Crippen molar-refractivity contribution in [1.29, 1.82) is 5.26 Å². The summed E-state index contributed by atoms with van der Waals surface area (Å²) in [7, 11) is -3.66. The number of rotatable bonds is 2. The molecule has 0 aliphatic carbocycles. The maximum absolute atomic E-state index is 12.5. The van der Waals surface area contributed by atoms with Gasteiger partial charge in [-0.3, -0.25) is 0 Å². The Balaban J connectivity index is 2.41. The zero-order valence-electron chi connectivity index (χ0n) is 10.3. The molecule has 0 aromatic heterocycles. The van der Waals surface area contributed by atoms with Crippen molar-refractivity contribution in [2.45, 2.75) is 17.9 Å². The highest BCUT2D eigenvalue weighted by atomic mass is 79.9. The van der Waals surface area contributed by atoms with E-state index in [2.05, 4.69) is 15.9 Å². The quantitative estimate of drug-likeness (QED) is 0.818. The lowest BCUT2D eigenvalue weighted by Crippen LogP contribution is -2.47. The molecular weight excluding hydrogens is 332 g/mol. The van der Waals surface area contributed by atoms with E-state index in [1.165, 1.54) is 4.31 Å². The topological polar surface area (TPSA) is 70.4 Å². The molecule has 5 nitrogen and oxygen atoms in total. The second-order valence-electron chi connectivity index (χ2n) is 4.25. The van der Waals surface area contributed by atoms with Gasteiger partial charge in [-0.05, 0) is 24.6 Å². The summed E-state index contributed by atoms with van der Waals surface area (Å²) >= 11 is 3.32. The van der Waals surface area contributed by atoms with E-state index in [1.807, 2.05) is 13.0 Å². The molecule has 0 unspecified atom stereocenters. The average molecular weight is 345 g/mol. The molecule has 0 spiro atoms. The maximum atomic E-state index is 12.5. The molecule has 0 bridgehead atoms. The summed E-state index contributed by atoms with van der Waals surface area (Å²) in [5.41, 5.74) is 0.956. The van der Waals surface area contributed by atoms with Gasteiger partial charge in [-0.1, -0.05) is 22.0 Å². The fraction of sp³-hybridized carbons (Fsp3) is 0.417. The predicted molar refractivity (Wildman–Crippen MR) is 73.0 cm³/mol. The molecule has 1 aromatic rings. The maximum Gasteiger partial charge on any atom is 0.244 e. The van der Waals surface area contributed by atoms with Crippen LogP contribution in [-0.4, -0.2) is 38.5 Å². The van der Waals surface area contributed by atoms with Crippen molar-refractivity contribution in [1.82, 2.24) is 4.31 Å². The van der Waals surface area contributed by atoms with Crippen molar-refractivity contribution in [2.75, 3.05) is 19.8 Å². The zero-order valence-corrected chi connectivity index (χ0v) is 12.7. The Morgan fingerprint density at radius 1 is 1.53 bits per heavy atom. The molecular formula is C12H13BrN2O3S. The van der Waals surface area contributed by atoms with Crippen LogP contribution in [0.5, 0.6) is 0 Å². The molecule has 1 aromatic carbocycles. The summed E-state index contributed by atoms with van der Waals surface area (Å²) in [5.74, 6) is 0. The summed E-state index contributed by atoms with van der Waals surface area (Å²) in [6, 6.07) is 6.05. The molecule has 0 saturated carbocycles. The molecule has 0 radical (unpaired) electrons. The number of hydrogen-bond donors (Lipinski definition) is 0. The van der Waals surface area contributed by atoms with Crippen LogP contribution in [0.2, 0.25) is 0 Å². The van der Waals surface area contributed by atoms with Crippen LogP contribution in [0.15, 0.2) is 27.6 Å². The first-order valence-corrected chi connectivity index (χ1v) is 7.95. The van der Waals surface area contributed by atoms with Gasteiger partial charge in [0.1, 0.15) is 6.04 Å². The van der Waals surface area contributed by atoms with E-state index in [1.54, 1.807) is 18.2 Å². The highest BCUT2D eigenvalue weighted by Crippen LogP contribution is 2.25. The number of halogens is 1. The van der Waals surface area contributed by atoms with Gasteiger partial charge in [-0.15, -0.1) is 0 Å². The largest absolute Gasteiger partial charge is 0.377 e. The smallest absolute Gasteiger partial charge is 0.244 e. The average Bonchev–Trinajstić information content (AvgIpc) is 2.41. The van der Waals surface area contributed by atoms with Crippen molar-refractivity contribution in [3.8, 4) is 6.07 Å². The van der Waals surface area contributed by atoms with Gasteiger partial charge in [0.25, 0.3) is 0 Å². The van der Waals surface area contributed by atoms with Crippen molar-refractivity contribution >= 4 is 26.0 Å². The Kier molecular flexibility index (Phi) is 4.26. The fourth-order valence-corrected chi connectivity index (χ4v) is 3.91.